The van der Waals surface area contributed by atoms with E-state index in [2.05, 4.69) is 27.6 Å². The number of carbonyl (C=O) groups excluding carboxylic acids is 1. The molecule has 0 atom stereocenters. The molecule has 0 saturated heterocycles. The van der Waals surface area contributed by atoms with Crippen LogP contribution < -0.4 is 0 Å². The summed E-state index contributed by atoms with van der Waals surface area (Å²) in [6.45, 7) is 5.95. The molecule has 2 rings (SSSR count). The monoisotopic (exact) mass is 344 g/mol. The fourth-order valence-electron chi connectivity index (χ4n) is 1.81. The summed E-state index contributed by atoms with van der Waals surface area (Å²) in [5.74, 6) is -0.317. The number of pyridine rings is 1. The minimum Gasteiger partial charge on any atom is -0.461 e. The van der Waals surface area contributed by atoms with Crippen molar-refractivity contribution in [1.29, 1.82) is 0 Å². The van der Waals surface area contributed by atoms with Crippen LogP contribution in [0.25, 0.3) is 5.65 Å². The first-order valence-electron chi connectivity index (χ1n) is 5.37. The molecule has 17 heavy (non-hydrogen) atoms. The molecule has 2 heterocycles. The van der Waals surface area contributed by atoms with Crippen LogP contribution in [0.15, 0.2) is 12.1 Å². The van der Waals surface area contributed by atoms with Crippen LogP contribution in [-0.4, -0.2) is 22.0 Å². The molecular weight excluding hydrogens is 331 g/mol. The normalized spacial score (nSPS) is 10.8. The van der Waals surface area contributed by atoms with Gasteiger partial charge in [-0.05, 0) is 55.5 Å². The predicted molar refractivity (Wildman–Crippen MR) is 73.3 cm³/mol. The van der Waals surface area contributed by atoms with Crippen LogP contribution in [0.3, 0.4) is 0 Å². The number of carbonyl (C=O) groups is 1. The minimum absolute atomic E-state index is 0.317. The Bertz CT molecular complexity index is 590. The Balaban J connectivity index is 2.74. The predicted octanol–water partition coefficient (Wildman–Crippen LogP) is 2.73. The summed E-state index contributed by atoms with van der Waals surface area (Å²) in [6.07, 6.45) is 0. The van der Waals surface area contributed by atoms with Gasteiger partial charge in [-0.3, -0.25) is 4.40 Å². The molecule has 2 aromatic rings. The molecule has 0 saturated carbocycles. The number of nitrogens with zero attached hydrogens (tertiary/aromatic N) is 2. The van der Waals surface area contributed by atoms with Gasteiger partial charge in [-0.25, -0.2) is 9.78 Å². The van der Waals surface area contributed by atoms with E-state index in [1.165, 1.54) is 0 Å². The zero-order chi connectivity index (χ0) is 12.6. The summed E-state index contributed by atoms with van der Waals surface area (Å²) < 4.78 is 7.94. The average molecular weight is 344 g/mol. The number of rotatable bonds is 2. The van der Waals surface area contributed by atoms with Crippen molar-refractivity contribution in [2.24, 2.45) is 0 Å². The smallest absolute Gasteiger partial charge is 0.357 e. The highest BCUT2D eigenvalue weighted by molar-refractivity contribution is 14.1. The Hall–Kier alpha value is -1.11. The van der Waals surface area contributed by atoms with Gasteiger partial charge < -0.3 is 4.74 Å². The summed E-state index contributed by atoms with van der Waals surface area (Å²) in [5.41, 5.74) is 3.02. The molecule has 0 aromatic carbocycles. The van der Waals surface area contributed by atoms with Crippen LogP contribution >= 0.6 is 22.6 Å². The van der Waals surface area contributed by atoms with Gasteiger partial charge in [0, 0.05) is 5.69 Å². The van der Waals surface area contributed by atoms with E-state index in [0.29, 0.717) is 18.0 Å². The van der Waals surface area contributed by atoms with Crippen molar-refractivity contribution in [2.75, 3.05) is 6.61 Å². The molecule has 0 aliphatic rings. The number of esters is 1. The summed E-state index contributed by atoms with van der Waals surface area (Å²) in [4.78, 5) is 16.4. The van der Waals surface area contributed by atoms with E-state index in [9.17, 15) is 4.79 Å². The zero-order valence-corrected chi connectivity index (χ0v) is 12.1. The molecule has 5 heteroatoms. The van der Waals surface area contributed by atoms with Gasteiger partial charge in [0.25, 0.3) is 0 Å². The van der Waals surface area contributed by atoms with Gasteiger partial charge in [0.1, 0.15) is 0 Å². The molecule has 4 nitrogen and oxygen atoms in total. The first-order chi connectivity index (χ1) is 8.06. The van der Waals surface area contributed by atoms with Crippen molar-refractivity contribution in [3.8, 4) is 0 Å². The highest BCUT2D eigenvalue weighted by Crippen LogP contribution is 2.20. The maximum absolute atomic E-state index is 11.9. The van der Waals surface area contributed by atoms with Crippen LogP contribution in [0.1, 0.15) is 28.8 Å². The van der Waals surface area contributed by atoms with E-state index in [4.69, 9.17) is 4.74 Å². The lowest BCUT2D eigenvalue weighted by molar-refractivity contribution is 0.0517. The van der Waals surface area contributed by atoms with Crippen molar-refractivity contribution in [3.63, 3.8) is 0 Å². The number of aryl methyl sites for hydroxylation is 2. The molecule has 0 amide bonds. The third-order valence-corrected chi connectivity index (χ3v) is 3.40. The van der Waals surface area contributed by atoms with Crippen LogP contribution in [0.5, 0.6) is 0 Å². The van der Waals surface area contributed by atoms with Crippen molar-refractivity contribution < 1.29 is 9.53 Å². The average Bonchev–Trinajstić information content (AvgIpc) is 2.63. The van der Waals surface area contributed by atoms with Crippen molar-refractivity contribution in [3.05, 3.63) is 32.8 Å². The van der Waals surface area contributed by atoms with E-state index in [1.807, 2.05) is 30.4 Å². The molecular formula is C12H13IN2O2. The Labute approximate surface area is 113 Å². The molecule has 0 unspecified atom stereocenters. The highest BCUT2D eigenvalue weighted by Gasteiger charge is 2.19. The van der Waals surface area contributed by atoms with E-state index >= 15 is 0 Å². The Morgan fingerprint density at radius 3 is 2.82 bits per heavy atom. The number of hydrogen-bond acceptors (Lipinski definition) is 3. The number of ether oxygens (including phenoxy) is 1. The number of hydrogen-bond donors (Lipinski definition) is 0. The van der Waals surface area contributed by atoms with Gasteiger partial charge in [0.05, 0.1) is 15.9 Å². The van der Waals surface area contributed by atoms with E-state index < -0.39 is 0 Å². The lowest BCUT2D eigenvalue weighted by Gasteiger charge is -2.06. The van der Waals surface area contributed by atoms with Gasteiger partial charge in [-0.1, -0.05) is 0 Å². The van der Waals surface area contributed by atoms with Crippen molar-refractivity contribution in [2.45, 2.75) is 20.8 Å². The molecule has 0 radical (unpaired) electrons. The second-order valence-electron chi connectivity index (χ2n) is 3.75. The number of halogens is 1. The second-order valence-corrected chi connectivity index (χ2v) is 4.91. The fraction of sp³-hybridized carbons (Fsp3) is 0.333. The van der Waals surface area contributed by atoms with E-state index in [0.717, 1.165) is 14.9 Å². The van der Waals surface area contributed by atoms with Gasteiger partial charge in [-0.2, -0.15) is 0 Å². The zero-order valence-electron chi connectivity index (χ0n) is 9.95. The van der Waals surface area contributed by atoms with Gasteiger partial charge in [0.15, 0.2) is 11.3 Å². The topological polar surface area (TPSA) is 43.6 Å². The Kier molecular flexibility index (Phi) is 3.37. The molecule has 0 fully saturated rings. The van der Waals surface area contributed by atoms with Crippen LogP contribution in [0, 0.1) is 17.4 Å². The standard InChI is InChI=1S/C12H13IN2O2/c1-4-17-12(16)10-8(3)14-11-9(13)6-5-7(2)15(10)11/h5-6H,4H2,1-3H3. The molecule has 0 aliphatic carbocycles. The summed E-state index contributed by atoms with van der Waals surface area (Å²) >= 11 is 2.21. The third kappa shape index (κ3) is 2.03. The maximum atomic E-state index is 11.9. The van der Waals surface area contributed by atoms with Crippen LogP contribution in [-0.2, 0) is 4.74 Å². The van der Waals surface area contributed by atoms with Gasteiger partial charge in [-0.15, -0.1) is 0 Å². The summed E-state index contributed by atoms with van der Waals surface area (Å²) in [7, 11) is 0. The fourth-order valence-corrected chi connectivity index (χ4v) is 2.36. The number of fused-ring (bicyclic) bond motifs is 1. The highest BCUT2D eigenvalue weighted by atomic mass is 127. The van der Waals surface area contributed by atoms with Gasteiger partial charge in [0.2, 0.25) is 0 Å². The van der Waals surface area contributed by atoms with E-state index in [-0.39, 0.29) is 5.97 Å². The summed E-state index contributed by atoms with van der Waals surface area (Å²) in [5, 5.41) is 0. The Morgan fingerprint density at radius 1 is 1.47 bits per heavy atom. The first-order valence-corrected chi connectivity index (χ1v) is 6.45. The van der Waals surface area contributed by atoms with Crippen LogP contribution in [0.2, 0.25) is 0 Å². The second kappa shape index (κ2) is 4.64. The minimum atomic E-state index is -0.317. The molecule has 2 aromatic heterocycles. The first kappa shape index (κ1) is 12.3. The third-order valence-electron chi connectivity index (χ3n) is 2.56. The molecule has 0 aliphatic heterocycles. The van der Waals surface area contributed by atoms with Crippen molar-refractivity contribution >= 4 is 34.2 Å². The summed E-state index contributed by atoms with van der Waals surface area (Å²) in [6, 6.07) is 3.96. The molecule has 90 valence electrons. The van der Waals surface area contributed by atoms with Crippen LogP contribution in [0.4, 0.5) is 0 Å². The molecule has 0 bridgehead atoms. The number of imidazole rings is 1. The molecule has 0 spiro atoms. The van der Waals surface area contributed by atoms with Crippen molar-refractivity contribution in [1.82, 2.24) is 9.38 Å². The van der Waals surface area contributed by atoms with Gasteiger partial charge >= 0.3 is 5.97 Å². The largest absolute Gasteiger partial charge is 0.461 e. The quantitative estimate of drug-likeness (QED) is 0.622. The SMILES string of the molecule is CCOC(=O)c1c(C)nc2c(I)ccc(C)n12. The molecule has 0 N–H and O–H groups in total. The number of aromatic nitrogens is 2. The lowest BCUT2D eigenvalue weighted by Crippen LogP contribution is -2.11. The van der Waals surface area contributed by atoms with E-state index in [1.54, 1.807) is 6.92 Å². The Morgan fingerprint density at radius 2 is 2.18 bits per heavy atom. The maximum Gasteiger partial charge on any atom is 0.357 e. The lowest BCUT2D eigenvalue weighted by atomic mass is 10.3.